The average molecular weight is 376 g/mol. The molecule has 7 heteroatoms. The number of piperidine rings is 1. The van der Waals surface area contributed by atoms with Gasteiger partial charge in [-0.1, -0.05) is 23.9 Å². The molecular formula is C19H21FN2O3S. The zero-order valence-corrected chi connectivity index (χ0v) is 15.4. The van der Waals surface area contributed by atoms with Crippen molar-refractivity contribution in [2.24, 2.45) is 0 Å². The van der Waals surface area contributed by atoms with Gasteiger partial charge in [-0.3, -0.25) is 19.3 Å². The highest BCUT2D eigenvalue weighted by atomic mass is 32.2. The first-order valence-electron chi connectivity index (χ1n) is 8.99. The number of halogens is 1. The summed E-state index contributed by atoms with van der Waals surface area (Å²) < 4.78 is 13.2. The number of hydrogen-bond donors (Lipinski definition) is 0. The number of carbonyl (C=O) groups is 3. The van der Waals surface area contributed by atoms with Crippen molar-refractivity contribution < 1.29 is 18.8 Å². The SMILES string of the molecule is CN1C(=O)S[C@@H](CC(=O)N2[C@@H]3CC[C@H]2CC(c2ccc(F)cc2)C3)C1=O. The van der Waals surface area contributed by atoms with Crippen molar-refractivity contribution in [3.63, 3.8) is 0 Å². The van der Waals surface area contributed by atoms with E-state index in [4.69, 9.17) is 0 Å². The maximum atomic E-state index is 13.2. The van der Waals surface area contributed by atoms with Gasteiger partial charge in [-0.2, -0.15) is 0 Å². The Labute approximate surface area is 155 Å². The minimum absolute atomic E-state index is 0.0241. The molecule has 3 saturated heterocycles. The van der Waals surface area contributed by atoms with Gasteiger partial charge >= 0.3 is 0 Å². The Morgan fingerprint density at radius 2 is 1.77 bits per heavy atom. The third kappa shape index (κ3) is 3.02. The molecule has 3 fully saturated rings. The van der Waals surface area contributed by atoms with Crippen LogP contribution >= 0.6 is 11.8 Å². The molecule has 3 aliphatic heterocycles. The summed E-state index contributed by atoms with van der Waals surface area (Å²) in [5.41, 5.74) is 1.13. The highest BCUT2D eigenvalue weighted by Crippen LogP contribution is 2.44. The molecule has 0 saturated carbocycles. The molecule has 26 heavy (non-hydrogen) atoms. The Hall–Kier alpha value is -1.89. The molecule has 0 aliphatic carbocycles. The number of carbonyl (C=O) groups excluding carboxylic acids is 3. The van der Waals surface area contributed by atoms with Crippen LogP contribution in [0, 0.1) is 5.82 Å². The first kappa shape index (κ1) is 17.5. The third-order valence-electron chi connectivity index (χ3n) is 5.85. The summed E-state index contributed by atoms with van der Waals surface area (Å²) in [4.78, 5) is 39.6. The zero-order chi connectivity index (χ0) is 18.4. The normalized spacial score (nSPS) is 31.0. The maximum absolute atomic E-state index is 13.2. The molecule has 3 heterocycles. The average Bonchev–Trinajstić information content (AvgIpc) is 3.02. The minimum Gasteiger partial charge on any atom is -0.337 e. The molecule has 0 aromatic heterocycles. The monoisotopic (exact) mass is 376 g/mol. The fourth-order valence-corrected chi connectivity index (χ4v) is 5.52. The lowest BCUT2D eigenvalue weighted by molar-refractivity contribution is -0.138. The van der Waals surface area contributed by atoms with Crippen molar-refractivity contribution in [2.75, 3.05) is 7.05 Å². The van der Waals surface area contributed by atoms with Crippen LogP contribution in [0.1, 0.15) is 43.6 Å². The minimum atomic E-state index is -0.589. The van der Waals surface area contributed by atoms with E-state index < -0.39 is 5.25 Å². The van der Waals surface area contributed by atoms with Crippen LogP contribution in [-0.2, 0) is 9.59 Å². The summed E-state index contributed by atoms with van der Waals surface area (Å²) in [5, 5.41) is -0.875. The van der Waals surface area contributed by atoms with E-state index in [1.165, 1.54) is 19.2 Å². The van der Waals surface area contributed by atoms with E-state index >= 15 is 0 Å². The number of nitrogens with zero attached hydrogens (tertiary/aromatic N) is 2. The summed E-state index contributed by atoms with van der Waals surface area (Å²) >= 11 is 0.950. The Bertz CT molecular complexity index is 740. The van der Waals surface area contributed by atoms with E-state index in [0.29, 0.717) is 5.92 Å². The Balaban J connectivity index is 1.43. The van der Waals surface area contributed by atoms with E-state index in [1.54, 1.807) is 0 Å². The highest BCUT2D eigenvalue weighted by molar-refractivity contribution is 8.15. The van der Waals surface area contributed by atoms with E-state index in [9.17, 15) is 18.8 Å². The Kier molecular flexibility index (Phi) is 4.50. The van der Waals surface area contributed by atoms with Gasteiger partial charge in [0.15, 0.2) is 0 Å². The topological polar surface area (TPSA) is 57.7 Å². The van der Waals surface area contributed by atoms with Crippen LogP contribution in [0.5, 0.6) is 0 Å². The van der Waals surface area contributed by atoms with Crippen molar-refractivity contribution in [3.8, 4) is 0 Å². The first-order chi connectivity index (χ1) is 12.4. The lowest BCUT2D eigenvalue weighted by Crippen LogP contribution is -2.47. The number of thioether (sulfide) groups is 1. The van der Waals surface area contributed by atoms with Gasteiger partial charge in [0.05, 0.1) is 0 Å². The molecule has 1 aromatic carbocycles. The number of amides is 3. The molecule has 2 bridgehead atoms. The molecule has 4 atom stereocenters. The zero-order valence-electron chi connectivity index (χ0n) is 14.6. The summed E-state index contributed by atoms with van der Waals surface area (Å²) in [7, 11) is 1.46. The van der Waals surface area contributed by atoms with E-state index in [0.717, 1.165) is 47.9 Å². The molecule has 1 unspecified atom stereocenters. The third-order valence-corrected chi connectivity index (χ3v) is 6.97. The van der Waals surface area contributed by atoms with Crippen molar-refractivity contribution in [1.82, 2.24) is 9.80 Å². The van der Waals surface area contributed by atoms with E-state index in [-0.39, 0.29) is 41.4 Å². The molecule has 138 valence electrons. The van der Waals surface area contributed by atoms with Crippen LogP contribution in [0.4, 0.5) is 9.18 Å². The van der Waals surface area contributed by atoms with Crippen LogP contribution < -0.4 is 0 Å². The van der Waals surface area contributed by atoms with Gasteiger partial charge in [0.1, 0.15) is 11.1 Å². The van der Waals surface area contributed by atoms with Gasteiger partial charge in [0.25, 0.3) is 5.24 Å². The smallest absolute Gasteiger partial charge is 0.288 e. The number of fused-ring (bicyclic) bond motifs is 2. The summed E-state index contributed by atoms with van der Waals surface area (Å²) in [6.07, 6.45) is 3.78. The molecule has 5 nitrogen and oxygen atoms in total. The second-order valence-electron chi connectivity index (χ2n) is 7.38. The quantitative estimate of drug-likeness (QED) is 0.813. The second-order valence-corrected chi connectivity index (χ2v) is 8.53. The molecule has 0 spiro atoms. The standard InChI is InChI=1S/C19H21FN2O3S/c1-21-18(24)16(26-19(21)25)10-17(23)22-14-6-7-15(22)9-12(8-14)11-2-4-13(20)5-3-11/h2-5,12,14-16H,6-10H2,1H3/t12?,14-,15+,16-/m0/s1. The van der Waals surface area contributed by atoms with Crippen LogP contribution in [0.2, 0.25) is 0 Å². The molecule has 3 aliphatic rings. The molecule has 0 radical (unpaired) electrons. The fourth-order valence-electron chi connectivity index (χ4n) is 4.54. The number of rotatable bonds is 3. The predicted molar refractivity (Wildman–Crippen MR) is 96.2 cm³/mol. The van der Waals surface area contributed by atoms with Gasteiger partial charge in [-0.25, -0.2) is 4.39 Å². The van der Waals surface area contributed by atoms with Gasteiger partial charge in [-0.05, 0) is 49.3 Å². The largest absolute Gasteiger partial charge is 0.337 e. The fraction of sp³-hybridized carbons (Fsp3) is 0.526. The summed E-state index contributed by atoms with van der Waals surface area (Å²) in [6, 6.07) is 7.01. The number of imide groups is 1. The lowest BCUT2D eigenvalue weighted by atomic mass is 9.85. The van der Waals surface area contributed by atoms with E-state index in [1.807, 2.05) is 17.0 Å². The van der Waals surface area contributed by atoms with Crippen LogP contribution in [0.25, 0.3) is 0 Å². The second kappa shape index (κ2) is 6.68. The van der Waals surface area contributed by atoms with Gasteiger partial charge in [0, 0.05) is 25.6 Å². The van der Waals surface area contributed by atoms with Crippen LogP contribution in [0.3, 0.4) is 0 Å². The van der Waals surface area contributed by atoms with Crippen LogP contribution in [-0.4, -0.2) is 51.2 Å². The molecule has 0 N–H and O–H groups in total. The lowest BCUT2D eigenvalue weighted by Gasteiger charge is -2.39. The van der Waals surface area contributed by atoms with Crippen molar-refractivity contribution >= 4 is 28.8 Å². The highest BCUT2D eigenvalue weighted by Gasteiger charge is 2.46. The molecule has 4 rings (SSSR count). The van der Waals surface area contributed by atoms with Crippen LogP contribution in [0.15, 0.2) is 24.3 Å². The number of benzene rings is 1. The molecular weight excluding hydrogens is 355 g/mol. The Morgan fingerprint density at radius 3 is 2.31 bits per heavy atom. The van der Waals surface area contributed by atoms with Crippen molar-refractivity contribution in [2.45, 2.75) is 55.4 Å². The molecule has 1 aromatic rings. The van der Waals surface area contributed by atoms with Crippen molar-refractivity contribution in [1.29, 1.82) is 0 Å². The number of hydrogen-bond acceptors (Lipinski definition) is 4. The first-order valence-corrected chi connectivity index (χ1v) is 9.87. The Morgan fingerprint density at radius 1 is 1.15 bits per heavy atom. The van der Waals surface area contributed by atoms with E-state index in [2.05, 4.69) is 0 Å². The van der Waals surface area contributed by atoms with Crippen molar-refractivity contribution in [3.05, 3.63) is 35.6 Å². The summed E-state index contributed by atoms with van der Waals surface area (Å²) in [5.74, 6) is -0.194. The summed E-state index contributed by atoms with van der Waals surface area (Å²) in [6.45, 7) is 0. The maximum Gasteiger partial charge on any atom is 0.288 e. The van der Waals surface area contributed by atoms with Gasteiger partial charge in [-0.15, -0.1) is 0 Å². The predicted octanol–water partition coefficient (Wildman–Crippen LogP) is 3.15. The molecule has 3 amide bonds. The van der Waals surface area contributed by atoms with Gasteiger partial charge in [0.2, 0.25) is 11.8 Å². The van der Waals surface area contributed by atoms with Gasteiger partial charge < -0.3 is 4.90 Å².